The third-order valence-corrected chi connectivity index (χ3v) is 3.70. The molecule has 122 valence electrons. The molecule has 3 rings (SSSR count). The molecule has 0 saturated carbocycles. The minimum atomic E-state index is -0.728. The number of para-hydroxylation sites is 2. The molecule has 0 saturated heterocycles. The number of allylic oxidation sites excluding steroid dienone is 1. The standard InChI is InChI=1S/C18H15BrN2O3/c19-14(10-13-6-2-1-3-7-13)11-20-21-18(22)17-12-23-15-8-4-5-9-16(15)24-17/h1-11,17H,12H2,(H,21,22)/b14-10-,20-11-. The molecule has 1 N–H and O–H groups in total. The molecular formula is C18H15BrN2O3. The van der Waals surface area contributed by atoms with Gasteiger partial charge in [-0.3, -0.25) is 4.79 Å². The third-order valence-electron chi connectivity index (χ3n) is 3.27. The van der Waals surface area contributed by atoms with Gasteiger partial charge in [0.05, 0.1) is 6.21 Å². The molecule has 0 radical (unpaired) electrons. The van der Waals surface area contributed by atoms with E-state index in [1.807, 2.05) is 48.5 Å². The number of hydrogen-bond donors (Lipinski definition) is 1. The van der Waals surface area contributed by atoms with Crippen molar-refractivity contribution in [2.75, 3.05) is 6.61 Å². The summed E-state index contributed by atoms with van der Waals surface area (Å²) in [5, 5.41) is 3.92. The van der Waals surface area contributed by atoms with Gasteiger partial charge >= 0.3 is 0 Å². The number of rotatable bonds is 4. The van der Waals surface area contributed by atoms with Gasteiger partial charge in [-0.2, -0.15) is 5.10 Å². The van der Waals surface area contributed by atoms with Crippen LogP contribution in [0, 0.1) is 0 Å². The van der Waals surface area contributed by atoms with Crippen LogP contribution < -0.4 is 14.9 Å². The molecule has 0 aliphatic carbocycles. The highest BCUT2D eigenvalue weighted by Gasteiger charge is 2.26. The Morgan fingerprint density at radius 2 is 1.83 bits per heavy atom. The molecule has 1 unspecified atom stereocenters. The van der Waals surface area contributed by atoms with E-state index in [9.17, 15) is 4.79 Å². The van der Waals surface area contributed by atoms with E-state index in [0.717, 1.165) is 10.0 Å². The fraction of sp³-hybridized carbons (Fsp3) is 0.111. The number of halogens is 1. The minimum absolute atomic E-state index is 0.152. The molecular weight excluding hydrogens is 372 g/mol. The molecule has 1 aliphatic rings. The zero-order valence-corrected chi connectivity index (χ0v) is 14.3. The average molecular weight is 387 g/mol. The van der Waals surface area contributed by atoms with Crippen LogP contribution in [0.15, 0.2) is 64.2 Å². The lowest BCUT2D eigenvalue weighted by atomic mass is 10.2. The first-order valence-corrected chi connectivity index (χ1v) is 8.15. The lowest BCUT2D eigenvalue weighted by Gasteiger charge is -2.24. The number of nitrogens with one attached hydrogen (secondary N) is 1. The Morgan fingerprint density at radius 1 is 1.12 bits per heavy atom. The highest BCUT2D eigenvalue weighted by Crippen LogP contribution is 2.30. The van der Waals surface area contributed by atoms with E-state index in [1.54, 1.807) is 12.1 Å². The molecule has 0 fully saturated rings. The lowest BCUT2D eigenvalue weighted by molar-refractivity contribution is -0.130. The van der Waals surface area contributed by atoms with Crippen LogP contribution in [-0.4, -0.2) is 24.8 Å². The number of nitrogens with zero attached hydrogens (tertiary/aromatic N) is 1. The molecule has 0 spiro atoms. The number of fused-ring (bicyclic) bond motifs is 1. The normalized spacial score (nSPS) is 16.9. The first kappa shape index (κ1) is 16.3. The Bertz CT molecular complexity index is 775. The van der Waals surface area contributed by atoms with Crippen LogP contribution in [0.1, 0.15) is 5.56 Å². The molecule has 2 aromatic carbocycles. The van der Waals surface area contributed by atoms with E-state index in [1.165, 1.54) is 6.21 Å². The lowest BCUT2D eigenvalue weighted by Crippen LogP contribution is -2.42. The largest absolute Gasteiger partial charge is 0.485 e. The summed E-state index contributed by atoms with van der Waals surface area (Å²) in [6.45, 7) is 0.152. The van der Waals surface area contributed by atoms with Gasteiger partial charge in [0.25, 0.3) is 5.91 Å². The first-order valence-electron chi connectivity index (χ1n) is 7.36. The van der Waals surface area contributed by atoms with Crippen molar-refractivity contribution in [3.05, 3.63) is 64.6 Å². The summed E-state index contributed by atoms with van der Waals surface area (Å²) < 4.78 is 11.9. The summed E-state index contributed by atoms with van der Waals surface area (Å²) >= 11 is 3.39. The summed E-state index contributed by atoms with van der Waals surface area (Å²) in [6, 6.07) is 17.0. The molecule has 2 aromatic rings. The van der Waals surface area contributed by atoms with Gasteiger partial charge in [0.1, 0.15) is 6.61 Å². The Hall–Kier alpha value is -2.60. The van der Waals surface area contributed by atoms with Crippen LogP contribution >= 0.6 is 15.9 Å². The SMILES string of the molecule is O=C(N/N=C\C(Br)=C\c1ccccc1)C1COc2ccccc2O1. The molecule has 5 nitrogen and oxygen atoms in total. The number of carbonyl (C=O) groups excluding carboxylic acids is 1. The smallest absolute Gasteiger partial charge is 0.284 e. The van der Waals surface area contributed by atoms with Gasteiger partial charge in [0.2, 0.25) is 6.10 Å². The maximum absolute atomic E-state index is 12.1. The van der Waals surface area contributed by atoms with Gasteiger partial charge in [-0.1, -0.05) is 42.5 Å². The maximum atomic E-state index is 12.1. The fourth-order valence-electron chi connectivity index (χ4n) is 2.12. The van der Waals surface area contributed by atoms with Crippen molar-refractivity contribution in [3.8, 4) is 11.5 Å². The van der Waals surface area contributed by atoms with Crippen LogP contribution in [0.25, 0.3) is 6.08 Å². The van der Waals surface area contributed by atoms with Crippen molar-refractivity contribution in [1.82, 2.24) is 5.43 Å². The van der Waals surface area contributed by atoms with Crippen LogP contribution in [0.4, 0.5) is 0 Å². The van der Waals surface area contributed by atoms with Gasteiger partial charge in [0, 0.05) is 4.48 Å². The number of carbonyl (C=O) groups is 1. The number of hydrazone groups is 1. The Kier molecular flexibility index (Phi) is 5.28. The van der Waals surface area contributed by atoms with Crippen molar-refractivity contribution in [2.45, 2.75) is 6.10 Å². The number of hydrogen-bond acceptors (Lipinski definition) is 4. The Morgan fingerprint density at radius 3 is 2.62 bits per heavy atom. The van der Waals surface area contributed by atoms with Crippen LogP contribution in [0.2, 0.25) is 0 Å². The minimum Gasteiger partial charge on any atom is -0.485 e. The third kappa shape index (κ3) is 4.23. The van der Waals surface area contributed by atoms with Crippen LogP contribution in [-0.2, 0) is 4.79 Å². The second-order valence-corrected chi connectivity index (χ2v) is 5.95. The van der Waals surface area contributed by atoms with E-state index in [-0.39, 0.29) is 12.5 Å². The molecule has 1 aliphatic heterocycles. The van der Waals surface area contributed by atoms with Crippen molar-refractivity contribution in [2.24, 2.45) is 5.10 Å². The number of amides is 1. The Balaban J connectivity index is 1.55. The van der Waals surface area contributed by atoms with E-state index < -0.39 is 6.10 Å². The summed E-state index contributed by atoms with van der Waals surface area (Å²) in [4.78, 5) is 12.1. The number of benzene rings is 2. The fourth-order valence-corrected chi connectivity index (χ4v) is 2.49. The molecule has 1 atom stereocenters. The monoisotopic (exact) mass is 386 g/mol. The van der Waals surface area contributed by atoms with Crippen molar-refractivity contribution in [1.29, 1.82) is 0 Å². The topological polar surface area (TPSA) is 59.9 Å². The van der Waals surface area contributed by atoms with Crippen LogP contribution in [0.3, 0.4) is 0 Å². The average Bonchev–Trinajstić information content (AvgIpc) is 2.62. The zero-order valence-electron chi connectivity index (χ0n) is 12.7. The molecule has 1 amide bonds. The molecule has 0 aromatic heterocycles. The summed E-state index contributed by atoms with van der Waals surface area (Å²) in [5.74, 6) is 0.831. The highest BCUT2D eigenvalue weighted by molar-refractivity contribution is 9.12. The van der Waals surface area contributed by atoms with E-state index in [4.69, 9.17) is 9.47 Å². The van der Waals surface area contributed by atoms with Crippen molar-refractivity contribution < 1.29 is 14.3 Å². The number of ether oxygens (including phenoxy) is 2. The van der Waals surface area contributed by atoms with E-state index in [0.29, 0.717) is 11.5 Å². The first-order chi connectivity index (χ1) is 11.7. The molecule has 1 heterocycles. The quantitative estimate of drug-likeness (QED) is 0.647. The summed E-state index contributed by atoms with van der Waals surface area (Å²) in [6.07, 6.45) is 2.68. The summed E-state index contributed by atoms with van der Waals surface area (Å²) in [5.41, 5.74) is 3.48. The van der Waals surface area contributed by atoms with Gasteiger partial charge in [-0.15, -0.1) is 0 Å². The van der Waals surface area contributed by atoms with Crippen molar-refractivity contribution in [3.63, 3.8) is 0 Å². The molecule has 6 heteroatoms. The van der Waals surface area contributed by atoms with Gasteiger partial charge in [-0.25, -0.2) is 5.43 Å². The van der Waals surface area contributed by atoms with Gasteiger partial charge in [0.15, 0.2) is 11.5 Å². The molecule has 0 bridgehead atoms. The molecule has 24 heavy (non-hydrogen) atoms. The van der Waals surface area contributed by atoms with Crippen molar-refractivity contribution >= 4 is 34.1 Å². The predicted octanol–water partition coefficient (Wildman–Crippen LogP) is 3.36. The second kappa shape index (κ2) is 7.79. The highest BCUT2D eigenvalue weighted by atomic mass is 79.9. The zero-order chi connectivity index (χ0) is 16.8. The van der Waals surface area contributed by atoms with Gasteiger partial charge in [-0.05, 0) is 39.7 Å². The van der Waals surface area contributed by atoms with Crippen LogP contribution in [0.5, 0.6) is 11.5 Å². The maximum Gasteiger partial charge on any atom is 0.284 e. The van der Waals surface area contributed by atoms with E-state index in [2.05, 4.69) is 26.5 Å². The van der Waals surface area contributed by atoms with E-state index >= 15 is 0 Å². The summed E-state index contributed by atoms with van der Waals surface area (Å²) in [7, 11) is 0. The second-order valence-electron chi connectivity index (χ2n) is 5.04. The Labute approximate surface area is 148 Å². The van der Waals surface area contributed by atoms with Gasteiger partial charge < -0.3 is 9.47 Å². The predicted molar refractivity (Wildman–Crippen MR) is 96.3 cm³/mol.